The molecule has 1 rings (SSSR count). The van der Waals surface area contributed by atoms with Crippen LogP contribution >= 0.6 is 0 Å². The zero-order valence-corrected chi connectivity index (χ0v) is 9.74. The van der Waals surface area contributed by atoms with Crippen LogP contribution < -0.4 is 0 Å². The first kappa shape index (κ1) is 13.7. The molecule has 0 aliphatic carbocycles. The third-order valence-corrected chi connectivity index (χ3v) is 2.11. The minimum Gasteiger partial charge on any atom is -0.502 e. The molecule has 6 heteroatoms. The molecule has 0 spiro atoms. The maximum absolute atomic E-state index is 11.6. The number of amides is 1. The van der Waals surface area contributed by atoms with Crippen molar-refractivity contribution >= 4 is 11.9 Å². The van der Waals surface area contributed by atoms with Crippen molar-refractivity contribution in [2.75, 3.05) is 7.11 Å². The zero-order chi connectivity index (χ0) is 13.5. The second-order valence-electron chi connectivity index (χ2n) is 3.38. The van der Waals surface area contributed by atoms with Gasteiger partial charge in [-0.2, -0.15) is 0 Å². The van der Waals surface area contributed by atoms with E-state index in [1.165, 1.54) is 7.11 Å². The van der Waals surface area contributed by atoms with Crippen LogP contribution in [0.2, 0.25) is 0 Å². The number of nitrogens with zero attached hydrogens (tertiary/aromatic N) is 1. The van der Waals surface area contributed by atoms with Crippen LogP contribution in [0.15, 0.2) is 42.2 Å². The van der Waals surface area contributed by atoms with E-state index in [9.17, 15) is 9.59 Å². The molecule has 1 aromatic carbocycles. The molecule has 0 heterocycles. The fourth-order valence-electron chi connectivity index (χ4n) is 1.23. The predicted molar refractivity (Wildman–Crippen MR) is 62.3 cm³/mol. The highest BCUT2D eigenvalue weighted by atomic mass is 16.7. The molecule has 0 atom stereocenters. The van der Waals surface area contributed by atoms with E-state index >= 15 is 0 Å². The highest BCUT2D eigenvalue weighted by molar-refractivity contribution is 5.95. The van der Waals surface area contributed by atoms with Gasteiger partial charge in [-0.05, 0) is 5.56 Å². The fraction of sp³-hybridized carbons (Fsp3) is 0.167. The molecule has 0 aliphatic rings. The van der Waals surface area contributed by atoms with Gasteiger partial charge >= 0.3 is 5.97 Å². The van der Waals surface area contributed by atoms with Gasteiger partial charge < -0.3 is 10.2 Å². The summed E-state index contributed by atoms with van der Waals surface area (Å²) < 4.78 is 0. The quantitative estimate of drug-likeness (QED) is 0.465. The van der Waals surface area contributed by atoms with Gasteiger partial charge in [0.05, 0.1) is 19.7 Å². The van der Waals surface area contributed by atoms with Crippen LogP contribution in [0.1, 0.15) is 5.56 Å². The second-order valence-corrected chi connectivity index (χ2v) is 3.38. The highest BCUT2D eigenvalue weighted by Crippen LogP contribution is 2.06. The maximum atomic E-state index is 11.6. The summed E-state index contributed by atoms with van der Waals surface area (Å²) in [4.78, 5) is 26.8. The third-order valence-electron chi connectivity index (χ3n) is 2.11. The Bertz CT molecular complexity index is 455. The van der Waals surface area contributed by atoms with Gasteiger partial charge in [-0.25, -0.2) is 9.86 Å². The summed E-state index contributed by atoms with van der Waals surface area (Å²) in [5.41, 5.74) is 0.816. The molecule has 0 fully saturated rings. The first-order chi connectivity index (χ1) is 8.54. The molecule has 96 valence electrons. The average molecular weight is 251 g/mol. The lowest BCUT2D eigenvalue weighted by molar-refractivity contribution is -0.173. The molecular weight excluding hydrogens is 238 g/mol. The van der Waals surface area contributed by atoms with Gasteiger partial charge in [0.25, 0.3) is 5.91 Å². The van der Waals surface area contributed by atoms with E-state index in [4.69, 9.17) is 15.1 Å². The fourth-order valence-corrected chi connectivity index (χ4v) is 1.23. The molecule has 1 aromatic rings. The minimum absolute atomic E-state index is 0.152. The molecular formula is C12H13NO5. The van der Waals surface area contributed by atoms with Crippen LogP contribution in [-0.4, -0.2) is 34.3 Å². The van der Waals surface area contributed by atoms with Gasteiger partial charge in [-0.3, -0.25) is 9.63 Å². The number of carbonyl (C=O) groups excluding carboxylic acids is 1. The normalized spacial score (nSPS) is 11.1. The Labute approximate surface area is 104 Å². The molecule has 6 nitrogen and oxygen atoms in total. The second kappa shape index (κ2) is 6.41. The van der Waals surface area contributed by atoms with E-state index in [1.807, 2.05) is 6.07 Å². The van der Waals surface area contributed by atoms with Crippen molar-refractivity contribution in [2.24, 2.45) is 0 Å². The van der Waals surface area contributed by atoms with Crippen LogP contribution in [-0.2, 0) is 21.0 Å². The topological polar surface area (TPSA) is 87.1 Å². The van der Waals surface area contributed by atoms with Gasteiger partial charge in [0, 0.05) is 0 Å². The number of carbonyl (C=O) groups is 2. The lowest BCUT2D eigenvalue weighted by Gasteiger charge is -2.17. The zero-order valence-electron chi connectivity index (χ0n) is 9.74. The van der Waals surface area contributed by atoms with Crippen LogP contribution in [0.4, 0.5) is 0 Å². The molecule has 0 radical (unpaired) electrons. The molecule has 2 N–H and O–H groups in total. The molecule has 0 saturated heterocycles. The summed E-state index contributed by atoms with van der Waals surface area (Å²) in [5.74, 6) is -3.35. The average Bonchev–Trinajstić information content (AvgIpc) is 2.36. The number of aliphatic hydroxyl groups is 1. The summed E-state index contributed by atoms with van der Waals surface area (Å²) in [6.45, 7) is 0.152. The number of benzene rings is 1. The molecule has 0 aromatic heterocycles. The van der Waals surface area contributed by atoms with E-state index in [0.29, 0.717) is 6.08 Å². The van der Waals surface area contributed by atoms with Crippen LogP contribution in [0.5, 0.6) is 0 Å². The third kappa shape index (κ3) is 3.91. The summed E-state index contributed by atoms with van der Waals surface area (Å²) in [6, 6.07) is 9.02. The van der Waals surface area contributed by atoms with Gasteiger partial charge in [0.1, 0.15) is 0 Å². The van der Waals surface area contributed by atoms with Crippen molar-refractivity contribution in [3.63, 3.8) is 0 Å². The lowest BCUT2D eigenvalue weighted by Crippen LogP contribution is -2.28. The van der Waals surface area contributed by atoms with E-state index in [1.54, 1.807) is 24.3 Å². The first-order valence-electron chi connectivity index (χ1n) is 5.08. The maximum Gasteiger partial charge on any atom is 0.371 e. The first-order valence-corrected chi connectivity index (χ1v) is 5.08. The van der Waals surface area contributed by atoms with Crippen LogP contribution in [0.25, 0.3) is 0 Å². The summed E-state index contributed by atoms with van der Waals surface area (Å²) in [6.07, 6.45) is 0.592. The standard InChI is InChI=1S/C12H13NO5/c1-18-13(8-9-5-3-2-4-6-9)11(15)7-10(14)12(16)17/h2-7,14H,8H2,1H3,(H,16,17)/b10-7-. The number of rotatable bonds is 5. The Kier molecular flexibility index (Phi) is 4.89. The molecule has 18 heavy (non-hydrogen) atoms. The number of aliphatic carboxylic acids is 1. The Morgan fingerprint density at radius 1 is 1.28 bits per heavy atom. The van der Waals surface area contributed by atoms with Crippen LogP contribution in [0.3, 0.4) is 0 Å². The molecule has 0 aliphatic heterocycles. The number of aliphatic hydroxyl groups excluding tert-OH is 1. The Morgan fingerprint density at radius 2 is 1.89 bits per heavy atom. The monoisotopic (exact) mass is 251 g/mol. The van der Waals surface area contributed by atoms with Gasteiger partial charge in [-0.1, -0.05) is 30.3 Å². The number of hydrogen-bond acceptors (Lipinski definition) is 4. The van der Waals surface area contributed by atoms with Crippen molar-refractivity contribution in [3.8, 4) is 0 Å². The predicted octanol–water partition coefficient (Wildman–Crippen LogP) is 1.10. The number of hydrogen-bond donors (Lipinski definition) is 2. The van der Waals surface area contributed by atoms with Crippen molar-refractivity contribution in [3.05, 3.63) is 47.7 Å². The Morgan fingerprint density at radius 3 is 2.39 bits per heavy atom. The highest BCUT2D eigenvalue weighted by Gasteiger charge is 2.14. The lowest BCUT2D eigenvalue weighted by atomic mass is 10.2. The van der Waals surface area contributed by atoms with E-state index < -0.39 is 17.6 Å². The number of carboxylic acids is 1. The van der Waals surface area contributed by atoms with E-state index in [0.717, 1.165) is 10.6 Å². The summed E-state index contributed by atoms with van der Waals surface area (Å²) in [5, 5.41) is 18.4. The van der Waals surface area contributed by atoms with E-state index in [2.05, 4.69) is 0 Å². The van der Waals surface area contributed by atoms with Crippen molar-refractivity contribution in [1.82, 2.24) is 5.06 Å². The molecule has 0 unspecified atom stereocenters. The van der Waals surface area contributed by atoms with Gasteiger partial charge in [0.2, 0.25) is 5.76 Å². The smallest absolute Gasteiger partial charge is 0.371 e. The minimum atomic E-state index is -1.57. The number of hydroxylamine groups is 2. The van der Waals surface area contributed by atoms with E-state index in [-0.39, 0.29) is 6.54 Å². The SMILES string of the molecule is CON(Cc1ccccc1)C(=O)/C=C(\O)C(=O)O. The van der Waals surface area contributed by atoms with Crippen molar-refractivity contribution in [2.45, 2.75) is 6.54 Å². The largest absolute Gasteiger partial charge is 0.502 e. The summed E-state index contributed by atoms with van der Waals surface area (Å²) >= 11 is 0. The van der Waals surface area contributed by atoms with Crippen molar-refractivity contribution < 1.29 is 24.6 Å². The Balaban J connectivity index is 2.75. The van der Waals surface area contributed by atoms with Gasteiger partial charge in [0.15, 0.2) is 0 Å². The van der Waals surface area contributed by atoms with Crippen LogP contribution in [0, 0.1) is 0 Å². The molecule has 0 bridgehead atoms. The summed E-state index contributed by atoms with van der Waals surface area (Å²) in [7, 11) is 1.28. The Hall–Kier alpha value is -2.34. The number of carboxylic acid groups (broad SMARTS) is 1. The van der Waals surface area contributed by atoms with Crippen molar-refractivity contribution in [1.29, 1.82) is 0 Å². The molecule has 1 amide bonds. The van der Waals surface area contributed by atoms with Gasteiger partial charge in [-0.15, -0.1) is 0 Å². The molecule has 0 saturated carbocycles.